The first kappa shape index (κ1) is 14.1. The van der Waals surface area contributed by atoms with Crippen molar-refractivity contribution in [2.24, 2.45) is 0 Å². The van der Waals surface area contributed by atoms with Crippen molar-refractivity contribution in [2.75, 3.05) is 12.0 Å². The highest BCUT2D eigenvalue weighted by molar-refractivity contribution is 6.11. The molecule has 1 aliphatic heterocycles. The second-order valence-electron chi connectivity index (χ2n) is 4.93. The Balaban J connectivity index is 1.94. The number of hydrogen-bond acceptors (Lipinski definition) is 3. The van der Waals surface area contributed by atoms with Gasteiger partial charge in [0, 0.05) is 12.1 Å². The van der Waals surface area contributed by atoms with E-state index in [-0.39, 0.29) is 5.91 Å². The number of esters is 1. The minimum atomic E-state index is -0.391. The fraction of sp³-hybridized carbons (Fsp3) is 0.111. The number of hydrogen-bond donors (Lipinski definition) is 0. The van der Waals surface area contributed by atoms with Crippen LogP contribution in [0.25, 0.3) is 5.70 Å². The van der Waals surface area contributed by atoms with Gasteiger partial charge in [0.15, 0.2) is 0 Å². The van der Waals surface area contributed by atoms with Crippen molar-refractivity contribution < 1.29 is 14.3 Å². The Morgan fingerprint density at radius 3 is 2.36 bits per heavy atom. The van der Waals surface area contributed by atoms with Gasteiger partial charge in [-0.05, 0) is 29.8 Å². The zero-order valence-corrected chi connectivity index (χ0v) is 12.2. The summed E-state index contributed by atoms with van der Waals surface area (Å²) in [6.45, 7) is 0. The molecule has 1 aliphatic rings. The fourth-order valence-corrected chi connectivity index (χ4v) is 2.50. The quantitative estimate of drug-likeness (QED) is 0.816. The van der Waals surface area contributed by atoms with Crippen LogP contribution in [0.2, 0.25) is 0 Å². The zero-order chi connectivity index (χ0) is 15.5. The molecule has 4 nitrogen and oxygen atoms in total. The third kappa shape index (κ3) is 2.51. The highest BCUT2D eigenvalue weighted by atomic mass is 16.5. The summed E-state index contributed by atoms with van der Waals surface area (Å²) in [5, 5.41) is 0. The van der Waals surface area contributed by atoms with Gasteiger partial charge in [-0.3, -0.25) is 9.69 Å². The number of nitrogens with zero attached hydrogens (tertiary/aromatic N) is 1. The summed E-state index contributed by atoms with van der Waals surface area (Å²) in [5.74, 6) is -0.372. The van der Waals surface area contributed by atoms with Gasteiger partial charge in [-0.15, -0.1) is 0 Å². The molecule has 0 N–H and O–H groups in total. The van der Waals surface area contributed by atoms with Gasteiger partial charge < -0.3 is 4.74 Å². The molecule has 0 radical (unpaired) electrons. The largest absolute Gasteiger partial charge is 0.465 e. The average Bonchev–Trinajstić information content (AvgIpc) is 2.96. The Morgan fingerprint density at radius 1 is 1.05 bits per heavy atom. The van der Waals surface area contributed by atoms with E-state index in [1.54, 1.807) is 29.2 Å². The molecule has 2 aromatic carbocycles. The fourth-order valence-electron chi connectivity index (χ4n) is 2.50. The maximum absolute atomic E-state index is 12.2. The number of rotatable bonds is 3. The smallest absolute Gasteiger partial charge is 0.337 e. The van der Waals surface area contributed by atoms with Gasteiger partial charge in [-0.25, -0.2) is 4.79 Å². The van der Waals surface area contributed by atoms with E-state index >= 15 is 0 Å². The van der Waals surface area contributed by atoms with E-state index in [1.807, 2.05) is 36.4 Å². The topological polar surface area (TPSA) is 46.6 Å². The van der Waals surface area contributed by atoms with E-state index in [0.717, 1.165) is 16.9 Å². The lowest BCUT2D eigenvalue weighted by molar-refractivity contribution is -0.116. The zero-order valence-electron chi connectivity index (χ0n) is 12.2. The van der Waals surface area contributed by atoms with Gasteiger partial charge in [0.05, 0.1) is 18.4 Å². The standard InChI is InChI=1S/C18H15NO3/c1-22-18(21)14-7-9-15(10-8-14)19-16(11-12-17(19)20)13-5-3-2-4-6-13/h2-11H,12H2,1H3. The summed E-state index contributed by atoms with van der Waals surface area (Å²) < 4.78 is 4.68. The highest BCUT2D eigenvalue weighted by Crippen LogP contribution is 2.32. The lowest BCUT2D eigenvalue weighted by atomic mass is 10.1. The van der Waals surface area contributed by atoms with E-state index < -0.39 is 5.97 Å². The van der Waals surface area contributed by atoms with Crippen LogP contribution in [-0.2, 0) is 9.53 Å². The maximum Gasteiger partial charge on any atom is 0.337 e. The molecule has 0 saturated heterocycles. The molecule has 0 unspecified atom stereocenters. The van der Waals surface area contributed by atoms with E-state index in [2.05, 4.69) is 4.74 Å². The van der Waals surface area contributed by atoms with E-state index in [0.29, 0.717) is 12.0 Å². The summed E-state index contributed by atoms with van der Waals surface area (Å²) in [4.78, 5) is 25.4. The Labute approximate surface area is 128 Å². The second kappa shape index (κ2) is 5.85. The molecule has 0 atom stereocenters. The molecule has 0 spiro atoms. The Morgan fingerprint density at radius 2 is 1.73 bits per heavy atom. The number of anilines is 1. The Hall–Kier alpha value is -2.88. The number of carbonyl (C=O) groups excluding carboxylic acids is 2. The molecule has 110 valence electrons. The highest BCUT2D eigenvalue weighted by Gasteiger charge is 2.26. The van der Waals surface area contributed by atoms with Crippen LogP contribution in [0.15, 0.2) is 60.7 Å². The molecule has 22 heavy (non-hydrogen) atoms. The van der Waals surface area contributed by atoms with Gasteiger partial charge in [0.1, 0.15) is 0 Å². The molecule has 0 bridgehead atoms. The predicted molar refractivity (Wildman–Crippen MR) is 84.3 cm³/mol. The maximum atomic E-state index is 12.2. The number of methoxy groups -OCH3 is 1. The summed E-state index contributed by atoms with van der Waals surface area (Å²) in [6.07, 6.45) is 2.30. The van der Waals surface area contributed by atoms with Gasteiger partial charge in [-0.1, -0.05) is 36.4 Å². The molecule has 0 aliphatic carbocycles. The lowest BCUT2D eigenvalue weighted by Crippen LogP contribution is -2.23. The Bertz CT molecular complexity index is 733. The molecule has 2 aromatic rings. The van der Waals surface area contributed by atoms with Gasteiger partial charge in [0.25, 0.3) is 0 Å². The van der Waals surface area contributed by atoms with Crippen LogP contribution in [0.5, 0.6) is 0 Å². The predicted octanol–water partition coefficient (Wildman–Crippen LogP) is 3.25. The molecule has 3 rings (SSSR count). The lowest BCUT2D eigenvalue weighted by Gasteiger charge is -2.21. The van der Waals surface area contributed by atoms with Crippen molar-refractivity contribution >= 4 is 23.3 Å². The molecule has 4 heteroatoms. The minimum Gasteiger partial charge on any atom is -0.465 e. The van der Waals surface area contributed by atoms with E-state index in [1.165, 1.54) is 7.11 Å². The van der Waals surface area contributed by atoms with Crippen molar-refractivity contribution in [2.45, 2.75) is 6.42 Å². The van der Waals surface area contributed by atoms with Crippen LogP contribution in [0.3, 0.4) is 0 Å². The SMILES string of the molecule is COC(=O)c1ccc(N2C(=O)CC=C2c2ccccc2)cc1. The summed E-state index contributed by atoms with van der Waals surface area (Å²) in [7, 11) is 1.34. The monoisotopic (exact) mass is 293 g/mol. The van der Waals surface area contributed by atoms with Crippen molar-refractivity contribution in [1.82, 2.24) is 0 Å². The Kier molecular flexibility index (Phi) is 3.74. The summed E-state index contributed by atoms with van der Waals surface area (Å²) in [6, 6.07) is 16.6. The van der Waals surface area contributed by atoms with Gasteiger partial charge >= 0.3 is 5.97 Å². The molecule has 1 amide bonds. The second-order valence-corrected chi connectivity index (χ2v) is 4.93. The first-order valence-corrected chi connectivity index (χ1v) is 6.97. The van der Waals surface area contributed by atoms with Crippen molar-refractivity contribution in [3.05, 3.63) is 71.8 Å². The van der Waals surface area contributed by atoms with Crippen LogP contribution in [0, 0.1) is 0 Å². The first-order chi connectivity index (χ1) is 10.7. The summed E-state index contributed by atoms with van der Waals surface area (Å²) >= 11 is 0. The van der Waals surface area contributed by atoms with Crippen molar-refractivity contribution in [3.8, 4) is 0 Å². The van der Waals surface area contributed by atoms with E-state index in [9.17, 15) is 9.59 Å². The first-order valence-electron chi connectivity index (χ1n) is 6.97. The molecular formula is C18H15NO3. The van der Waals surface area contributed by atoms with Crippen LogP contribution < -0.4 is 4.90 Å². The average molecular weight is 293 g/mol. The molecule has 1 heterocycles. The third-order valence-corrected chi connectivity index (χ3v) is 3.58. The minimum absolute atomic E-state index is 0.0182. The number of carbonyl (C=O) groups is 2. The molecule has 0 fully saturated rings. The molecular weight excluding hydrogens is 278 g/mol. The number of benzene rings is 2. The van der Waals surface area contributed by atoms with Gasteiger partial charge in [0.2, 0.25) is 5.91 Å². The van der Waals surface area contributed by atoms with Crippen molar-refractivity contribution in [1.29, 1.82) is 0 Å². The van der Waals surface area contributed by atoms with Crippen LogP contribution in [0.4, 0.5) is 5.69 Å². The van der Waals surface area contributed by atoms with E-state index in [4.69, 9.17) is 0 Å². The normalized spacial score (nSPS) is 14.0. The molecule has 0 saturated carbocycles. The number of amides is 1. The molecule has 0 aromatic heterocycles. The van der Waals surface area contributed by atoms with Gasteiger partial charge in [-0.2, -0.15) is 0 Å². The number of ether oxygens (including phenoxy) is 1. The van der Waals surface area contributed by atoms with Crippen LogP contribution >= 0.6 is 0 Å². The third-order valence-electron chi connectivity index (χ3n) is 3.58. The van der Waals surface area contributed by atoms with Crippen LogP contribution in [0.1, 0.15) is 22.3 Å². The summed E-state index contributed by atoms with van der Waals surface area (Å²) in [5.41, 5.74) is 3.07. The van der Waals surface area contributed by atoms with Crippen molar-refractivity contribution in [3.63, 3.8) is 0 Å². The van der Waals surface area contributed by atoms with Crippen LogP contribution in [-0.4, -0.2) is 19.0 Å².